The van der Waals surface area contributed by atoms with Gasteiger partial charge in [0.05, 0.1) is 12.5 Å². The Kier molecular flexibility index (Phi) is 9.03. The Balaban J connectivity index is 1.98. The molecule has 11 heteroatoms. The lowest BCUT2D eigenvalue weighted by Gasteiger charge is -2.30. The first kappa shape index (κ1) is 23.6. The zero-order valence-corrected chi connectivity index (χ0v) is 17.0. The number of primary amides is 1. The van der Waals surface area contributed by atoms with Crippen molar-refractivity contribution in [3.63, 3.8) is 0 Å². The van der Waals surface area contributed by atoms with E-state index in [0.717, 1.165) is 25.7 Å². The van der Waals surface area contributed by atoms with Gasteiger partial charge in [-0.3, -0.25) is 29.7 Å². The van der Waals surface area contributed by atoms with Crippen molar-refractivity contribution in [1.29, 1.82) is 0 Å². The molecule has 11 nitrogen and oxygen atoms in total. The van der Waals surface area contributed by atoms with Gasteiger partial charge in [0, 0.05) is 19.5 Å². The second-order valence-corrected chi connectivity index (χ2v) is 7.96. The van der Waals surface area contributed by atoms with Crippen molar-refractivity contribution in [1.82, 2.24) is 20.6 Å². The number of nitrogens with one attached hydrogen (secondary N) is 2. The maximum Gasteiger partial charge on any atom is 0.321 e. The lowest BCUT2D eigenvalue weighted by Crippen LogP contribution is -2.52. The summed E-state index contributed by atoms with van der Waals surface area (Å²) in [7, 11) is 0. The van der Waals surface area contributed by atoms with Crippen molar-refractivity contribution in [2.24, 2.45) is 17.6 Å². The first-order valence-electron chi connectivity index (χ1n) is 10.4. The summed E-state index contributed by atoms with van der Waals surface area (Å²) < 4.78 is 0. The van der Waals surface area contributed by atoms with Gasteiger partial charge in [-0.05, 0) is 25.2 Å². The predicted molar refractivity (Wildman–Crippen MR) is 105 cm³/mol. The van der Waals surface area contributed by atoms with Crippen LogP contribution in [0.25, 0.3) is 0 Å². The topological polar surface area (TPSA) is 162 Å². The van der Waals surface area contributed by atoms with Gasteiger partial charge in [-0.2, -0.15) is 0 Å². The lowest BCUT2D eigenvalue weighted by atomic mass is 9.91. The van der Waals surface area contributed by atoms with Gasteiger partial charge >= 0.3 is 6.03 Å². The number of hydrogen-bond acceptors (Lipinski definition) is 6. The summed E-state index contributed by atoms with van der Waals surface area (Å²) in [4.78, 5) is 60.6. The van der Waals surface area contributed by atoms with Crippen LogP contribution in [0.5, 0.6) is 0 Å². The summed E-state index contributed by atoms with van der Waals surface area (Å²) in [5, 5.41) is 14.7. The molecule has 2 fully saturated rings. The molecule has 1 aliphatic carbocycles. The Labute approximate surface area is 175 Å². The van der Waals surface area contributed by atoms with Crippen molar-refractivity contribution in [3.05, 3.63) is 0 Å². The molecule has 168 valence electrons. The highest BCUT2D eigenvalue weighted by atomic mass is 16.5. The molecule has 0 spiro atoms. The Hall–Kier alpha value is -2.69. The van der Waals surface area contributed by atoms with Gasteiger partial charge in [-0.1, -0.05) is 25.7 Å². The van der Waals surface area contributed by atoms with E-state index in [1.54, 1.807) is 0 Å². The van der Waals surface area contributed by atoms with E-state index in [2.05, 4.69) is 10.6 Å². The Morgan fingerprint density at radius 1 is 1.17 bits per heavy atom. The molecule has 1 aliphatic heterocycles. The largest absolute Gasteiger partial charge is 0.370 e. The number of urea groups is 1. The van der Waals surface area contributed by atoms with Crippen LogP contribution in [-0.2, 0) is 19.2 Å². The molecule has 0 unspecified atom stereocenters. The summed E-state index contributed by atoms with van der Waals surface area (Å²) in [6.07, 6.45) is 5.99. The van der Waals surface area contributed by atoms with Crippen LogP contribution in [0.3, 0.4) is 0 Å². The minimum Gasteiger partial charge on any atom is -0.370 e. The molecule has 6 amide bonds. The van der Waals surface area contributed by atoms with Crippen LogP contribution in [0.4, 0.5) is 4.79 Å². The third-order valence-corrected chi connectivity index (χ3v) is 5.70. The maximum atomic E-state index is 13.2. The molecule has 1 heterocycles. The molecule has 0 aromatic heterocycles. The number of carbonyl (C=O) groups excluding carboxylic acids is 5. The second-order valence-electron chi connectivity index (χ2n) is 7.96. The van der Waals surface area contributed by atoms with Gasteiger partial charge in [0.25, 0.3) is 5.91 Å². The highest BCUT2D eigenvalue weighted by Gasteiger charge is 2.39. The Morgan fingerprint density at radius 2 is 1.87 bits per heavy atom. The highest BCUT2D eigenvalue weighted by molar-refractivity contribution is 5.99. The van der Waals surface area contributed by atoms with Crippen LogP contribution in [0.1, 0.15) is 51.4 Å². The van der Waals surface area contributed by atoms with E-state index in [-0.39, 0.29) is 31.8 Å². The van der Waals surface area contributed by atoms with Crippen molar-refractivity contribution in [2.45, 2.75) is 57.4 Å². The monoisotopic (exact) mass is 425 g/mol. The number of nitrogens with two attached hydrogens (primary N) is 1. The molecule has 30 heavy (non-hydrogen) atoms. The number of carbonyl (C=O) groups is 5. The minimum absolute atomic E-state index is 0.00322. The molecular formula is C19H31N5O6. The van der Waals surface area contributed by atoms with Gasteiger partial charge in [0.1, 0.15) is 6.04 Å². The van der Waals surface area contributed by atoms with Crippen LogP contribution >= 0.6 is 0 Å². The van der Waals surface area contributed by atoms with Crippen molar-refractivity contribution >= 4 is 30.2 Å². The normalized spacial score (nSPS) is 19.9. The van der Waals surface area contributed by atoms with Gasteiger partial charge in [0.15, 0.2) is 0 Å². The molecule has 1 saturated carbocycles. The van der Waals surface area contributed by atoms with E-state index < -0.39 is 29.8 Å². The third-order valence-electron chi connectivity index (χ3n) is 5.70. The second kappa shape index (κ2) is 11.5. The molecule has 5 N–H and O–H groups in total. The van der Waals surface area contributed by atoms with Crippen LogP contribution in [-0.4, -0.2) is 71.0 Å². The van der Waals surface area contributed by atoms with Gasteiger partial charge < -0.3 is 16.0 Å². The highest BCUT2D eigenvalue weighted by Crippen LogP contribution is 2.32. The molecule has 2 rings (SSSR count). The molecule has 0 radical (unpaired) electrons. The van der Waals surface area contributed by atoms with Crippen molar-refractivity contribution in [3.8, 4) is 0 Å². The quantitative estimate of drug-likeness (QED) is 0.214. The molecule has 0 aromatic carbocycles. The average molecular weight is 425 g/mol. The standard InChI is InChI=1S/C19H31N5O6/c20-16(26)7-8-21-19(29)22-17(27)15-6-3-9-24(15)18(28)14(11-23(30)12-25)10-13-4-1-2-5-13/h12-15,30H,1-11H2,(H2,20,26)(H2,21,22,27,29)/t14-,15+/m1/s1. The number of rotatable bonds is 10. The number of likely N-dealkylation sites (tertiary alicyclic amines) is 1. The molecule has 1 saturated heterocycles. The smallest absolute Gasteiger partial charge is 0.321 e. The van der Waals surface area contributed by atoms with E-state index in [1.165, 1.54) is 4.90 Å². The fourth-order valence-corrected chi connectivity index (χ4v) is 4.25. The van der Waals surface area contributed by atoms with Gasteiger partial charge in [-0.25, -0.2) is 9.86 Å². The van der Waals surface area contributed by atoms with Crippen LogP contribution in [0.2, 0.25) is 0 Å². The van der Waals surface area contributed by atoms with E-state index in [9.17, 15) is 29.2 Å². The Morgan fingerprint density at radius 3 is 2.50 bits per heavy atom. The van der Waals surface area contributed by atoms with Crippen LogP contribution < -0.4 is 16.4 Å². The van der Waals surface area contributed by atoms with E-state index in [4.69, 9.17) is 5.73 Å². The van der Waals surface area contributed by atoms with Crippen LogP contribution in [0.15, 0.2) is 0 Å². The molecular weight excluding hydrogens is 394 g/mol. The molecule has 2 aliphatic rings. The predicted octanol–water partition coefficient (Wildman–Crippen LogP) is -0.277. The fourth-order valence-electron chi connectivity index (χ4n) is 4.25. The molecule has 0 bridgehead atoms. The summed E-state index contributed by atoms with van der Waals surface area (Å²) in [5.74, 6) is -1.73. The lowest BCUT2D eigenvalue weighted by molar-refractivity contribution is -0.158. The summed E-state index contributed by atoms with van der Waals surface area (Å²) in [6.45, 7) is 0.244. The summed E-state index contributed by atoms with van der Waals surface area (Å²) >= 11 is 0. The van der Waals surface area contributed by atoms with E-state index in [1.807, 2.05) is 0 Å². The third kappa shape index (κ3) is 6.97. The van der Waals surface area contributed by atoms with Crippen molar-refractivity contribution in [2.75, 3.05) is 19.6 Å². The zero-order valence-electron chi connectivity index (χ0n) is 17.0. The van der Waals surface area contributed by atoms with E-state index in [0.29, 0.717) is 36.8 Å². The first-order chi connectivity index (χ1) is 14.3. The van der Waals surface area contributed by atoms with E-state index >= 15 is 0 Å². The number of amides is 6. The average Bonchev–Trinajstić information content (AvgIpc) is 3.38. The molecule has 0 aromatic rings. The number of hydroxylamine groups is 2. The first-order valence-corrected chi connectivity index (χ1v) is 10.4. The maximum absolute atomic E-state index is 13.2. The summed E-state index contributed by atoms with van der Waals surface area (Å²) in [5.41, 5.74) is 5.00. The fraction of sp³-hybridized carbons (Fsp3) is 0.737. The van der Waals surface area contributed by atoms with Gasteiger partial charge in [-0.15, -0.1) is 0 Å². The zero-order chi connectivity index (χ0) is 22.1. The van der Waals surface area contributed by atoms with Crippen molar-refractivity contribution < 1.29 is 29.2 Å². The Bertz CT molecular complexity index is 651. The minimum atomic E-state index is -0.797. The number of imide groups is 1. The van der Waals surface area contributed by atoms with Crippen LogP contribution in [0, 0.1) is 11.8 Å². The summed E-state index contributed by atoms with van der Waals surface area (Å²) in [6, 6.07) is -1.56. The molecule has 2 atom stereocenters. The van der Waals surface area contributed by atoms with Gasteiger partial charge in [0.2, 0.25) is 18.2 Å². The number of nitrogens with zero attached hydrogens (tertiary/aromatic N) is 2. The number of hydrogen-bond donors (Lipinski definition) is 4. The SMILES string of the molecule is NC(=O)CCNC(=O)NC(=O)[C@@H]1CCCN1C(=O)[C@H](CC1CCCC1)CN(O)C=O.